The van der Waals surface area contributed by atoms with Gasteiger partial charge in [-0.25, -0.2) is 0 Å². The molecule has 0 unspecified atom stereocenters. The van der Waals surface area contributed by atoms with E-state index in [0.717, 1.165) is 17.3 Å². The third-order valence-corrected chi connectivity index (χ3v) is 4.98. The highest BCUT2D eigenvalue weighted by molar-refractivity contribution is 9.11. The zero-order chi connectivity index (χ0) is 21.9. The molecule has 2 aromatic rings. The second-order valence-corrected chi connectivity index (χ2v) is 8.23. The van der Waals surface area contributed by atoms with Crippen molar-refractivity contribution in [1.82, 2.24) is 16.2 Å². The van der Waals surface area contributed by atoms with Crippen LogP contribution >= 0.6 is 44.1 Å². The quantitative estimate of drug-likeness (QED) is 0.257. The van der Waals surface area contributed by atoms with Crippen LogP contribution in [-0.2, 0) is 4.79 Å². The van der Waals surface area contributed by atoms with Crippen LogP contribution < -0.4 is 25.6 Å². The van der Waals surface area contributed by atoms with Crippen molar-refractivity contribution in [2.24, 2.45) is 0 Å². The van der Waals surface area contributed by atoms with E-state index in [1.54, 1.807) is 42.5 Å². The lowest BCUT2D eigenvalue weighted by atomic mass is 10.2. The average Bonchev–Trinajstić information content (AvgIpc) is 2.72. The lowest BCUT2D eigenvalue weighted by molar-refractivity contribution is -0.123. The maximum Gasteiger partial charge on any atom is 0.276 e. The van der Waals surface area contributed by atoms with Gasteiger partial charge in [-0.3, -0.25) is 25.8 Å². The molecule has 2 rings (SSSR count). The van der Waals surface area contributed by atoms with Gasteiger partial charge in [-0.2, -0.15) is 0 Å². The Morgan fingerprint density at radius 3 is 2.60 bits per heavy atom. The number of carbonyl (C=O) groups is 2. The fourth-order valence-corrected chi connectivity index (χ4v) is 3.47. The monoisotopic (exact) mass is 557 g/mol. The molecule has 0 fully saturated rings. The van der Waals surface area contributed by atoms with Gasteiger partial charge in [-0.05, 0) is 71.0 Å². The van der Waals surface area contributed by atoms with Gasteiger partial charge in [0.15, 0.2) is 11.7 Å². The molecule has 0 aliphatic rings. The maximum atomic E-state index is 12.3. The molecule has 3 N–H and O–H groups in total. The first-order chi connectivity index (χ1) is 14.4. The highest BCUT2D eigenvalue weighted by atomic mass is 79.9. The van der Waals surface area contributed by atoms with Crippen molar-refractivity contribution in [2.75, 3.05) is 13.2 Å². The molecule has 0 aliphatic carbocycles. The Hall–Kier alpha value is -2.17. The van der Waals surface area contributed by atoms with Crippen molar-refractivity contribution in [3.63, 3.8) is 0 Å². The molecule has 0 aliphatic heterocycles. The molecule has 2 aromatic carbocycles. The predicted octanol–water partition coefficient (Wildman–Crippen LogP) is 4.11. The van der Waals surface area contributed by atoms with Gasteiger partial charge < -0.3 is 9.47 Å². The summed E-state index contributed by atoms with van der Waals surface area (Å²) < 4.78 is 12.6. The Bertz CT molecular complexity index is 911. The third-order valence-electron chi connectivity index (χ3n) is 3.66. The molecule has 30 heavy (non-hydrogen) atoms. The number of rotatable bonds is 8. The Morgan fingerprint density at radius 1 is 1.07 bits per heavy atom. The normalized spacial score (nSPS) is 10.1. The molecular weight excluding hydrogens is 538 g/mol. The molecule has 10 heteroatoms. The van der Waals surface area contributed by atoms with Gasteiger partial charge in [0.05, 0.1) is 11.1 Å². The van der Waals surface area contributed by atoms with Gasteiger partial charge in [-0.1, -0.05) is 35.3 Å². The van der Waals surface area contributed by atoms with Crippen LogP contribution in [0.2, 0.25) is 0 Å². The van der Waals surface area contributed by atoms with E-state index in [4.69, 9.17) is 21.7 Å². The summed E-state index contributed by atoms with van der Waals surface area (Å²) in [5, 5.41) is 2.45. The van der Waals surface area contributed by atoms with Crippen LogP contribution in [0.3, 0.4) is 0 Å². The van der Waals surface area contributed by atoms with Gasteiger partial charge in [0.1, 0.15) is 11.5 Å². The molecule has 0 spiro atoms. The number of carbonyl (C=O) groups excluding carboxylic acids is 2. The molecule has 7 nitrogen and oxygen atoms in total. The summed E-state index contributed by atoms with van der Waals surface area (Å²) in [7, 11) is 0. The lowest BCUT2D eigenvalue weighted by Crippen LogP contribution is -2.49. The SMILES string of the molecule is CCCCOc1cccc(C(=O)NC(=S)NNC(=O)COc2ccc(Br)cc2Br)c1. The predicted molar refractivity (Wildman–Crippen MR) is 126 cm³/mol. The minimum Gasteiger partial charge on any atom is -0.494 e. The minimum atomic E-state index is -0.465. The largest absolute Gasteiger partial charge is 0.494 e. The number of nitrogens with one attached hydrogen (secondary N) is 3. The first-order valence-electron chi connectivity index (χ1n) is 9.10. The molecule has 0 aromatic heterocycles. The Labute approximate surface area is 197 Å². The summed E-state index contributed by atoms with van der Waals surface area (Å²) in [5.74, 6) is 0.246. The van der Waals surface area contributed by atoms with E-state index in [-0.39, 0.29) is 11.7 Å². The lowest BCUT2D eigenvalue weighted by Gasteiger charge is -2.12. The number of unbranched alkanes of at least 4 members (excludes halogenated alkanes) is 1. The fraction of sp³-hybridized carbons (Fsp3) is 0.250. The Kier molecular flexibility index (Phi) is 10.0. The van der Waals surface area contributed by atoms with Crippen molar-refractivity contribution < 1.29 is 19.1 Å². The zero-order valence-electron chi connectivity index (χ0n) is 16.2. The Morgan fingerprint density at radius 2 is 1.87 bits per heavy atom. The van der Waals surface area contributed by atoms with Crippen molar-refractivity contribution in [3.8, 4) is 11.5 Å². The number of hydrazine groups is 1. The zero-order valence-corrected chi connectivity index (χ0v) is 20.2. The number of amides is 2. The van der Waals surface area contributed by atoms with Crippen LogP contribution in [0.25, 0.3) is 0 Å². The first kappa shape index (κ1) is 24.1. The van der Waals surface area contributed by atoms with Crippen molar-refractivity contribution in [3.05, 3.63) is 57.0 Å². The van der Waals surface area contributed by atoms with Crippen LogP contribution in [0.15, 0.2) is 51.4 Å². The second-order valence-electron chi connectivity index (χ2n) is 6.05. The van der Waals surface area contributed by atoms with Crippen molar-refractivity contribution in [1.29, 1.82) is 0 Å². The van der Waals surface area contributed by atoms with E-state index in [1.807, 2.05) is 0 Å². The molecule has 160 valence electrons. The second kappa shape index (κ2) is 12.5. The fourth-order valence-electron chi connectivity index (χ4n) is 2.17. The van der Waals surface area contributed by atoms with Crippen molar-refractivity contribution >= 4 is 61.0 Å². The smallest absolute Gasteiger partial charge is 0.276 e. The van der Waals surface area contributed by atoms with Gasteiger partial charge in [0.2, 0.25) is 0 Å². The minimum absolute atomic E-state index is 0.0459. The summed E-state index contributed by atoms with van der Waals surface area (Å²) in [6, 6.07) is 12.1. The van der Waals surface area contributed by atoms with Crippen LogP contribution in [0, 0.1) is 0 Å². The highest BCUT2D eigenvalue weighted by Crippen LogP contribution is 2.28. The molecule has 0 heterocycles. The number of halogens is 2. The number of hydrogen-bond acceptors (Lipinski definition) is 5. The molecule has 0 saturated carbocycles. The summed E-state index contributed by atoms with van der Waals surface area (Å²) in [5.41, 5.74) is 5.23. The standard InChI is InChI=1S/C20H21Br2N3O4S/c1-2-3-9-28-15-6-4-5-13(10-15)19(27)23-20(30)25-24-18(26)12-29-17-8-7-14(21)11-16(17)22/h4-8,10-11H,2-3,9,12H2,1H3,(H,24,26)(H2,23,25,27,30). The molecule has 0 radical (unpaired) electrons. The van der Waals surface area contributed by atoms with E-state index in [1.165, 1.54) is 0 Å². The average molecular weight is 559 g/mol. The van der Waals surface area contributed by atoms with E-state index < -0.39 is 11.8 Å². The maximum absolute atomic E-state index is 12.3. The Balaban J connectivity index is 1.76. The van der Waals surface area contributed by atoms with Crippen molar-refractivity contribution in [2.45, 2.75) is 19.8 Å². The highest BCUT2D eigenvalue weighted by Gasteiger charge is 2.10. The van der Waals surface area contributed by atoms with Crippen LogP contribution in [0.5, 0.6) is 11.5 Å². The van der Waals surface area contributed by atoms with E-state index in [2.05, 4.69) is 55.0 Å². The molecular formula is C20H21Br2N3O4S. The molecule has 0 bridgehead atoms. The van der Waals surface area contributed by atoms with Crippen LogP contribution in [-0.4, -0.2) is 30.1 Å². The summed E-state index contributed by atoms with van der Waals surface area (Å²) >= 11 is 11.7. The van der Waals surface area contributed by atoms with E-state index in [9.17, 15) is 9.59 Å². The molecule has 0 atom stereocenters. The number of hydrogen-bond donors (Lipinski definition) is 3. The number of thiocarbonyl (C=S) groups is 1. The third kappa shape index (κ3) is 8.29. The number of benzene rings is 2. The van der Waals surface area contributed by atoms with Gasteiger partial charge >= 0.3 is 0 Å². The first-order valence-corrected chi connectivity index (χ1v) is 11.1. The van der Waals surface area contributed by atoms with E-state index >= 15 is 0 Å². The summed E-state index contributed by atoms with van der Waals surface area (Å²) in [6.07, 6.45) is 1.96. The molecule has 2 amide bonds. The summed E-state index contributed by atoms with van der Waals surface area (Å²) in [4.78, 5) is 24.2. The topological polar surface area (TPSA) is 88.7 Å². The van der Waals surface area contributed by atoms with Gasteiger partial charge in [0.25, 0.3) is 11.8 Å². The van der Waals surface area contributed by atoms with Gasteiger partial charge in [-0.15, -0.1) is 0 Å². The van der Waals surface area contributed by atoms with Crippen LogP contribution in [0.4, 0.5) is 0 Å². The van der Waals surface area contributed by atoms with Gasteiger partial charge in [0, 0.05) is 10.0 Å². The number of ether oxygens (including phenoxy) is 2. The summed E-state index contributed by atoms with van der Waals surface area (Å²) in [6.45, 7) is 2.43. The van der Waals surface area contributed by atoms with Crippen LogP contribution in [0.1, 0.15) is 30.1 Å². The van der Waals surface area contributed by atoms with E-state index in [0.29, 0.717) is 28.1 Å². The molecule has 0 saturated heterocycles.